The van der Waals surface area contributed by atoms with Crippen LogP contribution in [0.4, 0.5) is 11.4 Å². The molecule has 6 heteroatoms. The van der Waals surface area contributed by atoms with Crippen molar-refractivity contribution in [3.8, 4) is 0 Å². The number of nitrogens with one attached hydrogen (secondary N) is 2. The van der Waals surface area contributed by atoms with Crippen molar-refractivity contribution >= 4 is 40.2 Å². The van der Waals surface area contributed by atoms with Gasteiger partial charge in [0, 0.05) is 17.8 Å². The first kappa shape index (κ1) is 16.0. The van der Waals surface area contributed by atoms with Crippen molar-refractivity contribution in [3.05, 3.63) is 45.6 Å². The van der Waals surface area contributed by atoms with Gasteiger partial charge in [-0.25, -0.2) is 0 Å². The Kier molecular flexibility index (Phi) is 5.82. The van der Waals surface area contributed by atoms with E-state index in [2.05, 4.69) is 19.4 Å². The van der Waals surface area contributed by atoms with Crippen LogP contribution < -0.4 is 22.6 Å². The quantitative estimate of drug-likeness (QED) is 0.781. The Morgan fingerprint density at radius 3 is 2.32 bits per heavy atom. The molecular weight excluding hydrogens is 303 g/mol. The molecule has 0 aliphatic rings. The maximum atomic E-state index is 11.9. The predicted molar refractivity (Wildman–Crippen MR) is 76.2 cm³/mol. The van der Waals surface area contributed by atoms with Crippen molar-refractivity contribution in [1.29, 1.82) is 0 Å². The minimum Gasteiger partial charge on any atom is -1.00 e. The molecule has 102 valence electrons. The van der Waals surface area contributed by atoms with Crippen molar-refractivity contribution < 1.29 is 22.1 Å². The van der Waals surface area contributed by atoms with Crippen molar-refractivity contribution in [3.63, 3.8) is 0 Å². The van der Waals surface area contributed by atoms with Crippen LogP contribution in [-0.4, -0.2) is 20.0 Å². The molecule has 0 aliphatic carbocycles. The highest BCUT2D eigenvalue weighted by atomic mass is 35.5. The van der Waals surface area contributed by atoms with Gasteiger partial charge in [-0.3, -0.25) is 4.79 Å². The Morgan fingerprint density at radius 1 is 1.21 bits per heavy atom. The van der Waals surface area contributed by atoms with Crippen LogP contribution in [0.2, 0.25) is 5.02 Å². The maximum Gasteiger partial charge on any atom is 0.267 e. The highest BCUT2D eigenvalue weighted by Gasteiger charge is 2.12. The van der Waals surface area contributed by atoms with Crippen molar-refractivity contribution in [2.45, 2.75) is 0 Å². The van der Waals surface area contributed by atoms with Crippen molar-refractivity contribution in [1.82, 2.24) is 0 Å². The molecule has 2 N–H and O–H groups in total. The van der Waals surface area contributed by atoms with Gasteiger partial charge in [-0.05, 0) is 23.6 Å². The number of hydrogen-bond donors (Lipinski definition) is 2. The molecule has 0 radical (unpaired) electrons. The van der Waals surface area contributed by atoms with Gasteiger partial charge in [0.15, 0.2) is 0 Å². The summed E-state index contributed by atoms with van der Waals surface area (Å²) in [6, 6.07) is 9.48. The van der Waals surface area contributed by atoms with E-state index in [0.29, 0.717) is 9.90 Å². The number of carbonyl (C=O) groups is 1. The Hall–Kier alpha value is -1.07. The van der Waals surface area contributed by atoms with Gasteiger partial charge < -0.3 is 22.6 Å². The number of amides is 1. The summed E-state index contributed by atoms with van der Waals surface area (Å²) in [4.78, 5) is 13.7. The van der Waals surface area contributed by atoms with Crippen LogP contribution in [0, 0.1) is 0 Å². The maximum absolute atomic E-state index is 11.9. The molecule has 2 aromatic rings. The molecule has 0 unspecified atom stereocenters. The molecule has 0 aliphatic heterocycles. The van der Waals surface area contributed by atoms with E-state index in [1.165, 1.54) is 21.9 Å². The van der Waals surface area contributed by atoms with Crippen LogP contribution >= 0.6 is 22.9 Å². The molecule has 3 nitrogen and oxygen atoms in total. The third-order valence-electron chi connectivity index (χ3n) is 2.54. The number of carbonyl (C=O) groups excluding carboxylic acids is 1. The van der Waals surface area contributed by atoms with E-state index in [0.717, 1.165) is 5.69 Å². The summed E-state index contributed by atoms with van der Waals surface area (Å²) in [6.45, 7) is 0. The fourth-order valence-electron chi connectivity index (χ4n) is 1.53. The Labute approximate surface area is 127 Å². The van der Waals surface area contributed by atoms with Gasteiger partial charge in [-0.2, -0.15) is 0 Å². The first-order valence-corrected chi connectivity index (χ1v) is 6.78. The number of thiophene rings is 1. The molecule has 0 saturated heterocycles. The van der Waals surface area contributed by atoms with E-state index in [-0.39, 0.29) is 18.3 Å². The van der Waals surface area contributed by atoms with Crippen LogP contribution in [0.15, 0.2) is 35.7 Å². The van der Waals surface area contributed by atoms with E-state index >= 15 is 0 Å². The van der Waals surface area contributed by atoms with E-state index in [4.69, 9.17) is 11.6 Å². The summed E-state index contributed by atoms with van der Waals surface area (Å²) in [5, 5.41) is 5.12. The van der Waals surface area contributed by atoms with Gasteiger partial charge in [-0.15, -0.1) is 11.3 Å². The van der Waals surface area contributed by atoms with Gasteiger partial charge in [0.1, 0.15) is 10.6 Å². The second-order valence-electron chi connectivity index (χ2n) is 4.13. The van der Waals surface area contributed by atoms with Crippen LogP contribution in [0.5, 0.6) is 0 Å². The monoisotopic (exact) mass is 316 g/mol. The average Bonchev–Trinajstić information content (AvgIpc) is 2.76. The topological polar surface area (TPSA) is 33.5 Å². The first-order chi connectivity index (χ1) is 8.58. The minimum absolute atomic E-state index is 0. The normalized spacial score (nSPS) is 10.1. The van der Waals surface area contributed by atoms with Gasteiger partial charge in [0.05, 0.1) is 19.1 Å². The Morgan fingerprint density at radius 2 is 1.84 bits per heavy atom. The van der Waals surface area contributed by atoms with Crippen molar-refractivity contribution in [2.75, 3.05) is 19.4 Å². The van der Waals surface area contributed by atoms with Gasteiger partial charge in [0.2, 0.25) is 0 Å². The molecule has 1 aromatic heterocycles. The highest BCUT2D eigenvalue weighted by molar-refractivity contribution is 7.12. The molecule has 0 saturated carbocycles. The van der Waals surface area contributed by atoms with Crippen molar-refractivity contribution in [2.24, 2.45) is 0 Å². The predicted octanol–water partition coefficient (Wildman–Crippen LogP) is -0.566. The lowest BCUT2D eigenvalue weighted by atomic mass is 10.2. The molecule has 1 aromatic carbocycles. The lowest BCUT2D eigenvalue weighted by Gasteiger charge is -2.08. The number of hydrogen-bond acceptors (Lipinski definition) is 2. The molecule has 2 rings (SSSR count). The highest BCUT2D eigenvalue weighted by Crippen LogP contribution is 2.23. The van der Waals surface area contributed by atoms with E-state index < -0.39 is 0 Å². The third-order valence-corrected chi connectivity index (χ3v) is 3.88. The first-order valence-electron chi connectivity index (χ1n) is 5.53. The smallest absolute Gasteiger partial charge is 0.267 e. The van der Waals surface area contributed by atoms with E-state index in [1.807, 2.05) is 24.3 Å². The van der Waals surface area contributed by atoms with Gasteiger partial charge in [0.25, 0.3) is 5.91 Å². The Bertz CT molecular complexity index is 552. The minimum atomic E-state index is -0.167. The lowest BCUT2D eigenvalue weighted by molar-refractivity contribution is -0.786. The molecule has 19 heavy (non-hydrogen) atoms. The summed E-state index contributed by atoms with van der Waals surface area (Å²) in [5.41, 5.74) is 1.94. The summed E-state index contributed by atoms with van der Waals surface area (Å²) in [7, 11) is 4.11. The lowest BCUT2D eigenvalue weighted by Crippen LogP contribution is -3.00. The molecule has 1 amide bonds. The number of quaternary nitrogens is 1. The van der Waals surface area contributed by atoms with Crippen LogP contribution in [0.25, 0.3) is 0 Å². The van der Waals surface area contributed by atoms with Crippen LogP contribution in [0.1, 0.15) is 9.67 Å². The summed E-state index contributed by atoms with van der Waals surface area (Å²) in [6.07, 6.45) is 0. The summed E-state index contributed by atoms with van der Waals surface area (Å²) in [5.74, 6) is -0.167. The largest absolute Gasteiger partial charge is 1.00 e. The molecule has 0 bridgehead atoms. The van der Waals surface area contributed by atoms with Gasteiger partial charge in [-0.1, -0.05) is 11.6 Å². The Balaban J connectivity index is 0.00000180. The second kappa shape index (κ2) is 6.91. The van der Waals surface area contributed by atoms with Crippen LogP contribution in [0.3, 0.4) is 0 Å². The zero-order chi connectivity index (χ0) is 13.1. The molecular formula is C13H14Cl2N2OS. The summed E-state index contributed by atoms with van der Waals surface area (Å²) >= 11 is 7.25. The standard InChI is InChI=1S/C13H13ClN2OS.ClH/c1-16(2)10-5-3-9(4-6-10)15-13(17)12-11(14)7-8-18-12;/h3-8H,1-2H3,(H,15,17);1H. The van der Waals surface area contributed by atoms with E-state index in [1.54, 1.807) is 11.4 Å². The summed E-state index contributed by atoms with van der Waals surface area (Å²) < 4.78 is 0. The molecule has 0 spiro atoms. The number of anilines is 1. The molecule has 0 atom stereocenters. The SMILES string of the molecule is C[NH+](C)c1ccc(NC(=O)c2sccc2Cl)cc1.[Cl-]. The third kappa shape index (κ3) is 3.94. The average molecular weight is 317 g/mol. The number of rotatable bonds is 3. The molecule has 0 fully saturated rings. The fourth-order valence-corrected chi connectivity index (χ4v) is 2.57. The zero-order valence-corrected chi connectivity index (χ0v) is 12.9. The van der Waals surface area contributed by atoms with Gasteiger partial charge >= 0.3 is 0 Å². The fraction of sp³-hybridized carbons (Fsp3) is 0.154. The number of benzene rings is 1. The number of halogens is 2. The van der Waals surface area contributed by atoms with E-state index in [9.17, 15) is 4.79 Å². The molecule has 1 heterocycles. The van der Waals surface area contributed by atoms with Crippen LogP contribution in [-0.2, 0) is 0 Å². The zero-order valence-electron chi connectivity index (χ0n) is 10.5. The second-order valence-corrected chi connectivity index (χ2v) is 5.45.